The van der Waals surface area contributed by atoms with Gasteiger partial charge in [0.15, 0.2) is 11.5 Å². The summed E-state index contributed by atoms with van der Waals surface area (Å²) >= 11 is 6.30. The van der Waals surface area contributed by atoms with E-state index in [-0.39, 0.29) is 51.4 Å². The van der Waals surface area contributed by atoms with E-state index >= 15 is 0 Å². The Morgan fingerprint density at radius 3 is 2.28 bits per heavy atom. The molecule has 4 rings (SSSR count). The number of carboxylic acid groups (broad SMARTS) is 1. The number of carbonyl (C=O) groups is 1. The van der Waals surface area contributed by atoms with Crippen LogP contribution in [0.4, 0.5) is 5.69 Å². The van der Waals surface area contributed by atoms with Crippen molar-refractivity contribution < 1.29 is 59.4 Å². The Kier molecular flexibility index (Phi) is 12.4. The second kappa shape index (κ2) is 15.6. The number of ether oxygens (including phenoxy) is 2. The molecule has 0 saturated carbocycles. The number of nitrogens with zero attached hydrogens (tertiary/aromatic N) is 2. The van der Waals surface area contributed by atoms with Crippen LogP contribution >= 0.6 is 11.6 Å². The Labute approximate surface area is 266 Å². The summed E-state index contributed by atoms with van der Waals surface area (Å²) in [6, 6.07) is 6.71. The van der Waals surface area contributed by atoms with Gasteiger partial charge < -0.3 is 54.5 Å². The molecule has 16 nitrogen and oxygen atoms in total. The van der Waals surface area contributed by atoms with Gasteiger partial charge in [0.05, 0.1) is 37.4 Å². The van der Waals surface area contributed by atoms with E-state index in [1.165, 1.54) is 38.5 Å². The number of aliphatic hydroxyl groups excluding tert-OH is 6. The normalized spacial score (nSPS) is 19.1. The van der Waals surface area contributed by atoms with Gasteiger partial charge >= 0.3 is 5.97 Å². The number of rotatable bonds is 11. The van der Waals surface area contributed by atoms with Crippen molar-refractivity contribution in [3.63, 3.8) is 0 Å². The Morgan fingerprint density at radius 2 is 1.76 bits per heavy atom. The van der Waals surface area contributed by atoms with Crippen LogP contribution in [0, 0.1) is 10.1 Å². The van der Waals surface area contributed by atoms with Crippen molar-refractivity contribution in [3.05, 3.63) is 61.3 Å². The van der Waals surface area contributed by atoms with E-state index in [9.17, 15) is 24.8 Å². The first-order valence-electron chi connectivity index (χ1n) is 13.8. The number of aliphatic carboxylic acids is 1. The third kappa shape index (κ3) is 7.56. The molecule has 0 bridgehead atoms. The summed E-state index contributed by atoms with van der Waals surface area (Å²) in [6.45, 7) is -0.162. The Hall–Kier alpha value is -3.87. The smallest absolute Gasteiger partial charge is 0.335 e. The summed E-state index contributed by atoms with van der Waals surface area (Å²) in [7, 11) is 4.90. The van der Waals surface area contributed by atoms with Gasteiger partial charge in [-0.1, -0.05) is 11.6 Å². The molecule has 1 aromatic heterocycles. The number of likely N-dealkylation sites (N-methyl/N-ethyl adjacent to an activating group) is 1. The van der Waals surface area contributed by atoms with Crippen molar-refractivity contribution >= 4 is 34.2 Å². The number of hydrogen-bond donors (Lipinski definition) is 7. The molecule has 2 heterocycles. The predicted octanol–water partition coefficient (Wildman–Crippen LogP) is 0.326. The van der Waals surface area contributed by atoms with E-state index in [1.807, 2.05) is 7.05 Å². The summed E-state index contributed by atoms with van der Waals surface area (Å²) in [5.41, 5.74) is 0.760. The minimum atomic E-state index is -2.20. The lowest BCUT2D eigenvalue weighted by Gasteiger charge is -2.25. The van der Waals surface area contributed by atoms with Crippen LogP contribution in [-0.2, 0) is 4.79 Å². The van der Waals surface area contributed by atoms with Crippen molar-refractivity contribution in [2.45, 2.75) is 42.8 Å². The Bertz CT molecular complexity index is 1620. The topological polar surface area (TPSA) is 254 Å². The molecule has 1 aliphatic rings. The van der Waals surface area contributed by atoms with Crippen LogP contribution in [0.5, 0.6) is 11.5 Å². The number of fused-ring (bicyclic) bond motifs is 1. The van der Waals surface area contributed by atoms with Crippen molar-refractivity contribution in [1.82, 2.24) is 4.90 Å². The molecule has 6 atom stereocenters. The molecule has 1 saturated heterocycles. The molecule has 0 aliphatic carbocycles. The largest absolute Gasteiger partial charge is 0.496 e. The van der Waals surface area contributed by atoms with Gasteiger partial charge in [-0.2, -0.15) is 0 Å². The molecule has 0 radical (unpaired) electrons. The minimum Gasteiger partial charge on any atom is -0.496 e. The minimum absolute atomic E-state index is 0.0735. The second-order valence-electron chi connectivity index (χ2n) is 10.4. The number of hydrogen-bond acceptors (Lipinski definition) is 14. The number of nitro groups is 1. The molecule has 7 N–H and O–H groups in total. The maximum absolute atomic E-state index is 13.2. The van der Waals surface area contributed by atoms with Crippen LogP contribution in [-0.4, -0.2) is 123 Å². The number of aliphatic hydroxyl groups is 6. The van der Waals surface area contributed by atoms with Crippen molar-refractivity contribution in [2.24, 2.45) is 0 Å². The molecule has 0 spiro atoms. The number of non-ortho nitro benzene ring substituents is 1. The van der Waals surface area contributed by atoms with Crippen LogP contribution in [0.1, 0.15) is 17.9 Å². The second-order valence-corrected chi connectivity index (χ2v) is 10.8. The standard InChI is InChI=1S/C23H23ClN2O7.C6H12O7/c1-25-7-6-14(16(25)11-27)21-19(31-2)10-20(32-3)22-17(28)9-18(33-23(21)22)13-5-4-12(26(29)30)8-15(13)24;7-1-2(8)3(9)4(10)5(11)6(12)13/h4-5,8-10,14,16,27H,6-7,11H2,1-3H3;2-5,7-11H,1H2,(H,12,13)/t14-,16+;/m1./s1. The van der Waals surface area contributed by atoms with Gasteiger partial charge in [-0.05, 0) is 26.1 Å². The third-order valence-corrected chi connectivity index (χ3v) is 8.04. The number of carboxylic acids is 1. The first kappa shape index (κ1) is 36.6. The molecule has 17 heteroatoms. The molecular formula is C29H35ClN2O14. The highest BCUT2D eigenvalue weighted by Gasteiger charge is 2.37. The van der Waals surface area contributed by atoms with Gasteiger partial charge in [0, 0.05) is 47.4 Å². The number of likely N-dealkylation sites (tertiary alicyclic amines) is 1. The lowest BCUT2D eigenvalue weighted by Crippen LogP contribution is -2.48. The highest BCUT2D eigenvalue weighted by molar-refractivity contribution is 6.33. The molecule has 4 unspecified atom stereocenters. The Morgan fingerprint density at radius 1 is 1.11 bits per heavy atom. The van der Waals surface area contributed by atoms with Gasteiger partial charge in [-0.15, -0.1) is 0 Å². The van der Waals surface area contributed by atoms with Crippen LogP contribution < -0.4 is 14.9 Å². The number of nitro benzene ring substituents is 1. The first-order chi connectivity index (χ1) is 21.7. The fourth-order valence-electron chi connectivity index (χ4n) is 5.21. The summed E-state index contributed by atoms with van der Waals surface area (Å²) in [4.78, 5) is 35.9. The van der Waals surface area contributed by atoms with E-state index in [1.54, 1.807) is 6.07 Å². The van der Waals surface area contributed by atoms with Crippen LogP contribution in [0.15, 0.2) is 39.5 Å². The summed E-state index contributed by atoms with van der Waals surface area (Å²) in [6.07, 6.45) is -7.11. The average Bonchev–Trinajstić information content (AvgIpc) is 3.41. The van der Waals surface area contributed by atoms with E-state index < -0.39 is 41.9 Å². The lowest BCUT2D eigenvalue weighted by atomic mass is 9.89. The molecule has 3 aromatic rings. The van der Waals surface area contributed by atoms with Crippen molar-refractivity contribution in [1.29, 1.82) is 0 Å². The van der Waals surface area contributed by atoms with Crippen LogP contribution in [0.3, 0.4) is 0 Å². The molecule has 0 amide bonds. The maximum atomic E-state index is 13.2. The lowest BCUT2D eigenvalue weighted by molar-refractivity contribution is -0.384. The maximum Gasteiger partial charge on any atom is 0.335 e. The van der Waals surface area contributed by atoms with Gasteiger partial charge in [-0.3, -0.25) is 14.9 Å². The molecular weight excluding hydrogens is 636 g/mol. The molecule has 1 fully saturated rings. The van der Waals surface area contributed by atoms with Gasteiger partial charge in [0.1, 0.15) is 46.5 Å². The fourth-order valence-corrected chi connectivity index (χ4v) is 5.48. The number of benzene rings is 2. The number of halogens is 1. The van der Waals surface area contributed by atoms with Gasteiger partial charge in [0.25, 0.3) is 5.69 Å². The van der Waals surface area contributed by atoms with E-state index in [4.69, 9.17) is 56.1 Å². The predicted molar refractivity (Wildman–Crippen MR) is 162 cm³/mol. The van der Waals surface area contributed by atoms with Crippen LogP contribution in [0.2, 0.25) is 5.02 Å². The quantitative estimate of drug-likeness (QED) is 0.107. The zero-order valence-corrected chi connectivity index (χ0v) is 25.7. The highest BCUT2D eigenvalue weighted by Crippen LogP contribution is 2.45. The summed E-state index contributed by atoms with van der Waals surface area (Å²) in [5, 5.41) is 73.2. The number of methoxy groups -OCH3 is 2. The summed E-state index contributed by atoms with van der Waals surface area (Å²) < 4.78 is 17.3. The zero-order valence-electron chi connectivity index (χ0n) is 24.9. The van der Waals surface area contributed by atoms with E-state index in [2.05, 4.69) is 4.90 Å². The summed E-state index contributed by atoms with van der Waals surface area (Å²) in [5.74, 6) is -0.942. The van der Waals surface area contributed by atoms with Gasteiger partial charge in [0.2, 0.25) is 0 Å². The van der Waals surface area contributed by atoms with Crippen molar-refractivity contribution in [3.8, 4) is 22.8 Å². The monoisotopic (exact) mass is 670 g/mol. The molecule has 252 valence electrons. The fraction of sp³-hybridized carbons (Fsp3) is 0.448. The van der Waals surface area contributed by atoms with E-state index in [0.29, 0.717) is 22.6 Å². The van der Waals surface area contributed by atoms with Crippen LogP contribution in [0.25, 0.3) is 22.3 Å². The molecule has 46 heavy (non-hydrogen) atoms. The highest BCUT2D eigenvalue weighted by atomic mass is 35.5. The van der Waals surface area contributed by atoms with Gasteiger partial charge in [-0.25, -0.2) is 4.79 Å². The zero-order chi connectivity index (χ0) is 34.5. The molecule has 1 aliphatic heterocycles. The first-order valence-corrected chi connectivity index (χ1v) is 14.1. The molecule has 2 aromatic carbocycles. The van der Waals surface area contributed by atoms with E-state index in [0.717, 1.165) is 13.0 Å². The SMILES string of the molecule is COc1cc(OC)c2c(=O)cc(-c3ccc([N+](=O)[O-])cc3Cl)oc2c1[C@@H]1CCN(C)[C@H]1CO.O=C(O)C(O)C(O)C(O)C(O)CO. The third-order valence-electron chi connectivity index (χ3n) is 7.72. The Balaban J connectivity index is 0.000000376. The average molecular weight is 671 g/mol. The van der Waals surface area contributed by atoms with Crippen molar-refractivity contribution in [2.75, 3.05) is 41.0 Å².